The molecule has 27 heavy (non-hydrogen) atoms. The molecule has 3 aliphatic rings. The molecule has 4 atom stereocenters. The van der Waals surface area contributed by atoms with Gasteiger partial charge in [-0.25, -0.2) is 8.42 Å². The second kappa shape index (κ2) is 7.93. The number of sulfone groups is 1. The normalized spacial score (nSPS) is 32.0. The summed E-state index contributed by atoms with van der Waals surface area (Å²) < 4.78 is 29.8. The molecule has 7 heteroatoms. The summed E-state index contributed by atoms with van der Waals surface area (Å²) in [5, 5.41) is 0.666. The van der Waals surface area contributed by atoms with Gasteiger partial charge in [0.2, 0.25) is 0 Å². The van der Waals surface area contributed by atoms with Crippen molar-refractivity contribution in [2.24, 2.45) is 5.92 Å². The van der Waals surface area contributed by atoms with Crippen LogP contribution >= 0.6 is 11.8 Å². The minimum Gasteiger partial charge on any atom is -0.362 e. The lowest BCUT2D eigenvalue weighted by Gasteiger charge is -2.45. The van der Waals surface area contributed by atoms with Crippen LogP contribution in [0.5, 0.6) is 0 Å². The van der Waals surface area contributed by atoms with Crippen LogP contribution in [0.2, 0.25) is 0 Å². The highest BCUT2D eigenvalue weighted by atomic mass is 32.2. The number of likely N-dealkylation sites (tertiary alicyclic amines) is 1. The fraction of sp³-hybridized carbons (Fsp3) is 0.700. The van der Waals surface area contributed by atoms with Crippen LogP contribution in [-0.2, 0) is 14.6 Å². The quantitative estimate of drug-likeness (QED) is 0.743. The van der Waals surface area contributed by atoms with Crippen molar-refractivity contribution >= 4 is 27.3 Å². The summed E-state index contributed by atoms with van der Waals surface area (Å²) in [5.41, 5.74) is 1.11. The van der Waals surface area contributed by atoms with Gasteiger partial charge in [0.15, 0.2) is 9.84 Å². The van der Waals surface area contributed by atoms with Crippen molar-refractivity contribution in [1.82, 2.24) is 4.90 Å². The molecule has 1 aromatic rings. The van der Waals surface area contributed by atoms with Gasteiger partial charge in [0, 0.05) is 23.7 Å². The number of piperidine rings is 1. The van der Waals surface area contributed by atoms with Gasteiger partial charge in [0.05, 0.1) is 17.7 Å². The molecule has 3 fully saturated rings. The predicted molar refractivity (Wildman–Crippen MR) is 111 cm³/mol. The SMILES string of the molecule is CN1C(OCC2CCCS2)CCC2CCN(c3ccc(S(C)(=O)=O)cc3)C21. The van der Waals surface area contributed by atoms with E-state index in [-0.39, 0.29) is 6.23 Å². The molecule has 0 N–H and O–H groups in total. The Hall–Kier alpha value is -0.760. The molecule has 3 heterocycles. The van der Waals surface area contributed by atoms with Gasteiger partial charge >= 0.3 is 0 Å². The molecule has 0 aromatic heterocycles. The van der Waals surface area contributed by atoms with Crippen molar-refractivity contribution in [2.45, 2.75) is 54.6 Å². The number of hydrogen-bond acceptors (Lipinski definition) is 6. The number of fused-ring (bicyclic) bond motifs is 1. The number of thioether (sulfide) groups is 1. The van der Waals surface area contributed by atoms with E-state index in [9.17, 15) is 8.42 Å². The van der Waals surface area contributed by atoms with Crippen molar-refractivity contribution < 1.29 is 13.2 Å². The fourth-order valence-corrected chi connectivity index (χ4v) is 6.58. The van der Waals surface area contributed by atoms with Gasteiger partial charge in [-0.1, -0.05) is 0 Å². The van der Waals surface area contributed by atoms with Crippen LogP contribution in [0.25, 0.3) is 0 Å². The van der Waals surface area contributed by atoms with Crippen molar-refractivity contribution in [3.8, 4) is 0 Å². The zero-order valence-corrected chi connectivity index (χ0v) is 17.8. The third-order valence-corrected chi connectivity index (χ3v) is 8.73. The number of anilines is 1. The number of hydrogen-bond donors (Lipinski definition) is 0. The number of benzene rings is 1. The summed E-state index contributed by atoms with van der Waals surface area (Å²) in [6, 6.07) is 7.36. The fourth-order valence-electron chi connectivity index (χ4n) is 4.78. The molecule has 5 nitrogen and oxygen atoms in total. The highest BCUT2D eigenvalue weighted by Gasteiger charge is 2.43. The number of ether oxygens (including phenoxy) is 1. The first-order chi connectivity index (χ1) is 12.9. The van der Waals surface area contributed by atoms with E-state index < -0.39 is 9.84 Å². The highest BCUT2D eigenvalue weighted by molar-refractivity contribution is 8.00. The molecular formula is C20H30N2O3S2. The Labute approximate surface area is 167 Å². The van der Waals surface area contributed by atoms with Crippen LogP contribution < -0.4 is 4.90 Å². The Morgan fingerprint density at radius 2 is 1.93 bits per heavy atom. The minimum atomic E-state index is -3.15. The molecule has 0 aliphatic carbocycles. The Morgan fingerprint density at radius 1 is 1.15 bits per heavy atom. The van der Waals surface area contributed by atoms with Crippen molar-refractivity contribution in [3.63, 3.8) is 0 Å². The lowest BCUT2D eigenvalue weighted by atomic mass is 9.93. The summed E-state index contributed by atoms with van der Waals surface area (Å²) in [6.45, 7) is 1.88. The molecule has 0 spiro atoms. The summed E-state index contributed by atoms with van der Waals surface area (Å²) >= 11 is 2.05. The summed E-state index contributed by atoms with van der Waals surface area (Å²) in [5.74, 6) is 1.93. The predicted octanol–water partition coefficient (Wildman–Crippen LogP) is 3.21. The standard InChI is InChI=1S/C20H30N2O3S2/c1-21-19(25-14-17-4-3-13-26-17)10-5-15-11-12-22(20(15)21)16-6-8-18(9-7-16)27(2,23)24/h6-9,15,17,19-20H,3-5,10-14H2,1-2H3. The molecule has 1 aromatic carbocycles. The van der Waals surface area contributed by atoms with E-state index in [1.807, 2.05) is 23.9 Å². The average Bonchev–Trinajstić information content (AvgIpc) is 3.30. The van der Waals surface area contributed by atoms with Crippen LogP contribution in [0, 0.1) is 5.92 Å². The first kappa shape index (κ1) is 19.6. The Bertz CT molecular complexity index is 747. The molecule has 0 saturated carbocycles. The van der Waals surface area contributed by atoms with E-state index in [0.29, 0.717) is 22.2 Å². The monoisotopic (exact) mass is 410 g/mol. The molecule has 0 amide bonds. The summed E-state index contributed by atoms with van der Waals surface area (Å²) in [7, 11) is -0.965. The highest BCUT2D eigenvalue weighted by Crippen LogP contribution is 2.39. The van der Waals surface area contributed by atoms with Crippen LogP contribution in [0.15, 0.2) is 29.2 Å². The molecule has 0 bridgehead atoms. The first-order valence-corrected chi connectivity index (χ1v) is 12.9. The van der Waals surface area contributed by atoms with Gasteiger partial charge in [0.1, 0.15) is 6.23 Å². The molecule has 0 radical (unpaired) electrons. The molecule has 3 aliphatic heterocycles. The van der Waals surface area contributed by atoms with Gasteiger partial charge in [0.25, 0.3) is 0 Å². The van der Waals surface area contributed by atoms with E-state index >= 15 is 0 Å². The molecule has 4 unspecified atom stereocenters. The maximum Gasteiger partial charge on any atom is 0.175 e. The Balaban J connectivity index is 1.45. The number of nitrogens with zero attached hydrogens (tertiary/aromatic N) is 2. The first-order valence-electron chi connectivity index (χ1n) is 9.95. The second-order valence-corrected chi connectivity index (χ2v) is 11.5. The average molecular weight is 411 g/mol. The van der Waals surface area contributed by atoms with Crippen molar-refractivity contribution in [1.29, 1.82) is 0 Å². The number of rotatable bonds is 5. The Morgan fingerprint density at radius 3 is 2.59 bits per heavy atom. The van der Waals surface area contributed by atoms with Crippen molar-refractivity contribution in [3.05, 3.63) is 24.3 Å². The summed E-state index contributed by atoms with van der Waals surface area (Å²) in [6.07, 6.45) is 7.88. The van der Waals surface area contributed by atoms with Gasteiger partial charge in [-0.2, -0.15) is 11.8 Å². The van der Waals surface area contributed by atoms with Crippen LogP contribution in [0.1, 0.15) is 32.1 Å². The maximum atomic E-state index is 11.7. The molecule has 3 saturated heterocycles. The van der Waals surface area contributed by atoms with E-state index in [1.165, 1.54) is 37.7 Å². The van der Waals surface area contributed by atoms with Crippen LogP contribution in [0.4, 0.5) is 5.69 Å². The third kappa shape index (κ3) is 4.16. The summed E-state index contributed by atoms with van der Waals surface area (Å²) in [4.78, 5) is 5.22. The van der Waals surface area contributed by atoms with E-state index in [0.717, 1.165) is 25.3 Å². The van der Waals surface area contributed by atoms with Gasteiger partial charge in [-0.15, -0.1) is 0 Å². The maximum absolute atomic E-state index is 11.7. The van der Waals surface area contributed by atoms with E-state index in [1.54, 1.807) is 12.1 Å². The zero-order chi connectivity index (χ0) is 19.0. The van der Waals surface area contributed by atoms with Crippen molar-refractivity contribution in [2.75, 3.05) is 37.1 Å². The van der Waals surface area contributed by atoms with Gasteiger partial charge in [-0.05, 0) is 75.1 Å². The largest absolute Gasteiger partial charge is 0.362 e. The molecule has 150 valence electrons. The van der Waals surface area contributed by atoms with Crippen LogP contribution in [0.3, 0.4) is 0 Å². The van der Waals surface area contributed by atoms with Gasteiger partial charge in [-0.3, -0.25) is 4.90 Å². The topological polar surface area (TPSA) is 49.9 Å². The van der Waals surface area contributed by atoms with E-state index in [2.05, 4.69) is 16.8 Å². The van der Waals surface area contributed by atoms with Gasteiger partial charge < -0.3 is 9.64 Å². The lowest BCUT2D eigenvalue weighted by Crippen LogP contribution is -2.54. The van der Waals surface area contributed by atoms with E-state index in [4.69, 9.17) is 4.74 Å². The smallest absolute Gasteiger partial charge is 0.175 e. The Kier molecular flexibility index (Phi) is 5.74. The third-order valence-electron chi connectivity index (χ3n) is 6.23. The molecular weight excluding hydrogens is 380 g/mol. The van der Waals surface area contributed by atoms with Crippen LogP contribution in [-0.4, -0.2) is 63.2 Å². The zero-order valence-electron chi connectivity index (χ0n) is 16.2. The second-order valence-electron chi connectivity index (χ2n) is 8.09. The lowest BCUT2D eigenvalue weighted by molar-refractivity contribution is -0.0989. The molecule has 4 rings (SSSR count). The minimum absolute atomic E-state index is 0.184.